The van der Waals surface area contributed by atoms with Gasteiger partial charge < -0.3 is 4.74 Å². The number of nitro benzene ring substituents is 1. The van der Waals surface area contributed by atoms with E-state index in [-0.39, 0.29) is 29.4 Å². The van der Waals surface area contributed by atoms with E-state index in [1.165, 1.54) is 31.2 Å². The maximum absolute atomic E-state index is 13.1. The van der Waals surface area contributed by atoms with Crippen molar-refractivity contribution in [1.82, 2.24) is 0 Å². The third-order valence-electron chi connectivity index (χ3n) is 2.84. The fourth-order valence-corrected chi connectivity index (χ4v) is 1.82. The lowest BCUT2D eigenvalue weighted by molar-refractivity contribution is -0.384. The molecular formula is C15H12FNO4. The van der Waals surface area contributed by atoms with Gasteiger partial charge in [0.05, 0.1) is 10.5 Å². The maximum Gasteiger partial charge on any atom is 0.269 e. The topological polar surface area (TPSA) is 69.4 Å². The van der Waals surface area contributed by atoms with Crippen molar-refractivity contribution in [3.8, 4) is 5.75 Å². The maximum atomic E-state index is 13.1. The molecule has 0 bridgehead atoms. The number of ether oxygens (including phenoxy) is 1. The molecule has 0 radical (unpaired) electrons. The lowest BCUT2D eigenvalue weighted by Crippen LogP contribution is -2.02. The molecular weight excluding hydrogens is 277 g/mol. The second-order valence-electron chi connectivity index (χ2n) is 4.41. The number of hydrogen-bond acceptors (Lipinski definition) is 4. The molecule has 0 aromatic heterocycles. The molecule has 0 fully saturated rings. The van der Waals surface area contributed by atoms with Crippen LogP contribution < -0.4 is 4.74 Å². The number of benzene rings is 2. The summed E-state index contributed by atoms with van der Waals surface area (Å²) in [6, 6.07) is 9.64. The van der Waals surface area contributed by atoms with Gasteiger partial charge in [0.25, 0.3) is 5.69 Å². The van der Waals surface area contributed by atoms with Gasteiger partial charge >= 0.3 is 0 Å². The molecule has 5 nitrogen and oxygen atoms in total. The standard InChI is InChI=1S/C15H12FNO4/c1-10(18)14-8-12(16)5-6-15(14)21-9-11-3-2-4-13(7-11)17(19)20/h2-8H,9H2,1H3. The van der Waals surface area contributed by atoms with E-state index >= 15 is 0 Å². The van der Waals surface area contributed by atoms with Crippen molar-refractivity contribution in [2.24, 2.45) is 0 Å². The highest BCUT2D eigenvalue weighted by molar-refractivity contribution is 5.96. The number of carbonyl (C=O) groups excluding carboxylic acids is 1. The largest absolute Gasteiger partial charge is 0.488 e. The van der Waals surface area contributed by atoms with E-state index in [9.17, 15) is 19.3 Å². The van der Waals surface area contributed by atoms with Gasteiger partial charge in [-0.25, -0.2) is 4.39 Å². The zero-order valence-corrected chi connectivity index (χ0v) is 11.2. The van der Waals surface area contributed by atoms with Crippen molar-refractivity contribution in [3.63, 3.8) is 0 Å². The first-order chi connectivity index (χ1) is 9.97. The average Bonchev–Trinajstić information content (AvgIpc) is 2.46. The highest BCUT2D eigenvalue weighted by Gasteiger charge is 2.11. The number of nitro groups is 1. The van der Waals surface area contributed by atoms with E-state index in [0.717, 1.165) is 6.07 Å². The van der Waals surface area contributed by atoms with Crippen LogP contribution in [0.15, 0.2) is 42.5 Å². The Kier molecular flexibility index (Phi) is 4.27. The Morgan fingerprint density at radius 1 is 1.29 bits per heavy atom. The summed E-state index contributed by atoms with van der Waals surface area (Å²) in [7, 11) is 0. The van der Waals surface area contributed by atoms with E-state index in [2.05, 4.69) is 0 Å². The molecule has 0 spiro atoms. The number of nitrogens with zero attached hydrogens (tertiary/aromatic N) is 1. The van der Waals surface area contributed by atoms with Crippen molar-refractivity contribution in [3.05, 3.63) is 69.5 Å². The van der Waals surface area contributed by atoms with Crippen LogP contribution >= 0.6 is 0 Å². The van der Waals surface area contributed by atoms with Crippen LogP contribution in [0.25, 0.3) is 0 Å². The van der Waals surface area contributed by atoms with Crippen LogP contribution in [0.3, 0.4) is 0 Å². The number of carbonyl (C=O) groups is 1. The minimum absolute atomic E-state index is 0.0398. The first-order valence-corrected chi connectivity index (χ1v) is 6.14. The molecule has 6 heteroatoms. The fraction of sp³-hybridized carbons (Fsp3) is 0.133. The van der Waals surface area contributed by atoms with Gasteiger partial charge in [-0.1, -0.05) is 12.1 Å². The SMILES string of the molecule is CC(=O)c1cc(F)ccc1OCc1cccc([N+](=O)[O-])c1. The summed E-state index contributed by atoms with van der Waals surface area (Å²) in [5.41, 5.74) is 0.686. The van der Waals surface area contributed by atoms with Gasteiger partial charge in [0.1, 0.15) is 18.2 Å². The predicted molar refractivity (Wildman–Crippen MR) is 73.8 cm³/mol. The van der Waals surface area contributed by atoms with E-state index in [0.29, 0.717) is 5.56 Å². The minimum atomic E-state index is -0.525. The molecule has 0 atom stereocenters. The number of halogens is 1. The molecule has 2 aromatic carbocycles. The fourth-order valence-electron chi connectivity index (χ4n) is 1.82. The summed E-state index contributed by atoms with van der Waals surface area (Å²) in [4.78, 5) is 21.6. The summed E-state index contributed by atoms with van der Waals surface area (Å²) >= 11 is 0. The Morgan fingerprint density at radius 2 is 2.05 bits per heavy atom. The second kappa shape index (κ2) is 6.13. The van der Waals surface area contributed by atoms with Gasteiger partial charge in [-0.2, -0.15) is 0 Å². The summed E-state index contributed by atoms with van der Waals surface area (Å²) in [6.45, 7) is 1.36. The number of ketones is 1. The third-order valence-corrected chi connectivity index (χ3v) is 2.84. The summed E-state index contributed by atoms with van der Waals surface area (Å²) < 4.78 is 18.6. The predicted octanol–water partition coefficient (Wildman–Crippen LogP) is 3.52. The lowest BCUT2D eigenvalue weighted by Gasteiger charge is -2.10. The normalized spacial score (nSPS) is 10.2. The molecule has 2 aromatic rings. The molecule has 0 aliphatic carbocycles. The molecule has 108 valence electrons. The zero-order valence-electron chi connectivity index (χ0n) is 11.2. The number of rotatable bonds is 5. The first-order valence-electron chi connectivity index (χ1n) is 6.14. The highest BCUT2D eigenvalue weighted by Crippen LogP contribution is 2.22. The highest BCUT2D eigenvalue weighted by atomic mass is 19.1. The lowest BCUT2D eigenvalue weighted by atomic mass is 10.1. The Hall–Kier alpha value is -2.76. The van der Waals surface area contributed by atoms with Gasteiger partial charge in [0, 0.05) is 12.1 Å². The smallest absolute Gasteiger partial charge is 0.269 e. The zero-order chi connectivity index (χ0) is 15.4. The number of hydrogen-bond donors (Lipinski definition) is 0. The number of Topliss-reactive ketones (excluding diaryl/α,β-unsaturated/α-hetero) is 1. The van der Waals surface area contributed by atoms with Gasteiger partial charge in [0.15, 0.2) is 5.78 Å². The average molecular weight is 289 g/mol. The molecule has 21 heavy (non-hydrogen) atoms. The Labute approximate surface area is 120 Å². The van der Waals surface area contributed by atoms with Crippen molar-refractivity contribution in [2.45, 2.75) is 13.5 Å². The molecule has 0 aliphatic rings. The van der Waals surface area contributed by atoms with Gasteiger partial charge in [-0.05, 0) is 30.7 Å². The van der Waals surface area contributed by atoms with Crippen molar-refractivity contribution in [2.75, 3.05) is 0 Å². The van der Waals surface area contributed by atoms with Crippen LogP contribution in [0.2, 0.25) is 0 Å². The van der Waals surface area contributed by atoms with Crippen LogP contribution in [0.4, 0.5) is 10.1 Å². The van der Waals surface area contributed by atoms with Crippen LogP contribution in [0, 0.1) is 15.9 Å². The third kappa shape index (κ3) is 3.62. The van der Waals surface area contributed by atoms with Crippen LogP contribution in [-0.4, -0.2) is 10.7 Å². The molecule has 0 unspecified atom stereocenters. The molecule has 0 saturated heterocycles. The van der Waals surface area contributed by atoms with Crippen LogP contribution in [0.1, 0.15) is 22.8 Å². The minimum Gasteiger partial charge on any atom is -0.488 e. The van der Waals surface area contributed by atoms with E-state index in [1.54, 1.807) is 12.1 Å². The van der Waals surface area contributed by atoms with Crippen molar-refractivity contribution < 1.29 is 18.8 Å². The van der Waals surface area contributed by atoms with E-state index in [1.807, 2.05) is 0 Å². The molecule has 0 N–H and O–H groups in total. The van der Waals surface area contributed by atoms with Gasteiger partial charge in [-0.15, -0.1) is 0 Å². The molecule has 0 amide bonds. The second-order valence-corrected chi connectivity index (χ2v) is 4.41. The van der Waals surface area contributed by atoms with Gasteiger partial charge in [-0.3, -0.25) is 14.9 Å². The van der Waals surface area contributed by atoms with Gasteiger partial charge in [0.2, 0.25) is 0 Å². The summed E-state index contributed by atoms with van der Waals surface area (Å²) in [5.74, 6) is -0.596. The molecule has 0 heterocycles. The summed E-state index contributed by atoms with van der Waals surface area (Å²) in [5, 5.41) is 10.7. The summed E-state index contributed by atoms with van der Waals surface area (Å²) in [6.07, 6.45) is 0. The monoisotopic (exact) mass is 289 g/mol. The van der Waals surface area contributed by atoms with Crippen molar-refractivity contribution >= 4 is 11.5 Å². The van der Waals surface area contributed by atoms with Crippen molar-refractivity contribution in [1.29, 1.82) is 0 Å². The number of non-ortho nitro benzene ring substituents is 1. The van der Waals surface area contributed by atoms with Crippen LogP contribution in [0.5, 0.6) is 5.75 Å². The molecule has 2 rings (SSSR count). The Bertz CT molecular complexity index is 700. The first kappa shape index (κ1) is 14.6. The molecule has 0 aliphatic heterocycles. The Morgan fingerprint density at radius 3 is 2.71 bits per heavy atom. The molecule has 0 saturated carbocycles. The van der Waals surface area contributed by atoms with Crippen LogP contribution in [-0.2, 0) is 6.61 Å². The quantitative estimate of drug-likeness (QED) is 0.480. The van der Waals surface area contributed by atoms with E-state index < -0.39 is 10.7 Å². The van der Waals surface area contributed by atoms with E-state index in [4.69, 9.17) is 4.74 Å². The Balaban J connectivity index is 2.18.